The van der Waals surface area contributed by atoms with E-state index >= 15 is 0 Å². The zero-order chi connectivity index (χ0) is 19.1. The SMILES string of the molecule is CCNCCOc1ccc2c(c1)c1cc(OCCNCC)ccc1n2CC.Cl.Cl. The highest BCUT2D eigenvalue weighted by atomic mass is 35.5. The first-order chi connectivity index (χ1) is 13.3. The van der Waals surface area contributed by atoms with Gasteiger partial charge in [-0.05, 0) is 56.4 Å². The molecule has 1 heterocycles. The minimum Gasteiger partial charge on any atom is -0.492 e. The van der Waals surface area contributed by atoms with Gasteiger partial charge in [-0.15, -0.1) is 24.8 Å². The van der Waals surface area contributed by atoms with E-state index in [-0.39, 0.29) is 24.8 Å². The largest absolute Gasteiger partial charge is 0.492 e. The van der Waals surface area contributed by atoms with Crippen LogP contribution < -0.4 is 20.1 Å². The van der Waals surface area contributed by atoms with E-state index in [1.165, 1.54) is 21.8 Å². The third-order valence-electron chi connectivity index (χ3n) is 4.72. The second kappa shape index (κ2) is 12.8. The molecule has 0 unspecified atom stereocenters. The van der Waals surface area contributed by atoms with Crippen molar-refractivity contribution in [3.8, 4) is 11.5 Å². The van der Waals surface area contributed by atoms with Gasteiger partial charge in [0.15, 0.2) is 0 Å². The first-order valence-corrected chi connectivity index (χ1v) is 10.0. The van der Waals surface area contributed by atoms with Gasteiger partial charge in [0, 0.05) is 41.4 Å². The molecule has 0 aliphatic carbocycles. The molecule has 3 rings (SSSR count). The van der Waals surface area contributed by atoms with Gasteiger partial charge in [-0.3, -0.25) is 0 Å². The van der Waals surface area contributed by atoms with Gasteiger partial charge in [0.1, 0.15) is 24.7 Å². The molecule has 0 atom stereocenters. The van der Waals surface area contributed by atoms with Gasteiger partial charge in [-0.25, -0.2) is 0 Å². The van der Waals surface area contributed by atoms with Gasteiger partial charge in [0.2, 0.25) is 0 Å². The zero-order valence-electron chi connectivity index (χ0n) is 17.5. The van der Waals surface area contributed by atoms with E-state index in [1.54, 1.807) is 0 Å². The highest BCUT2D eigenvalue weighted by Crippen LogP contribution is 2.34. The third kappa shape index (κ3) is 6.16. The van der Waals surface area contributed by atoms with Crippen molar-refractivity contribution >= 4 is 46.6 Å². The second-order valence-electron chi connectivity index (χ2n) is 6.51. The highest BCUT2D eigenvalue weighted by molar-refractivity contribution is 6.09. The maximum atomic E-state index is 5.92. The number of likely N-dealkylation sites (N-methyl/N-ethyl adjacent to an activating group) is 2. The molecule has 2 N–H and O–H groups in total. The van der Waals surface area contributed by atoms with E-state index in [0.29, 0.717) is 13.2 Å². The number of nitrogens with zero attached hydrogens (tertiary/aromatic N) is 1. The van der Waals surface area contributed by atoms with Crippen molar-refractivity contribution in [2.24, 2.45) is 0 Å². The van der Waals surface area contributed by atoms with Crippen LogP contribution in [0.2, 0.25) is 0 Å². The molecule has 0 amide bonds. The molecule has 2 aromatic carbocycles. The van der Waals surface area contributed by atoms with Crippen LogP contribution in [-0.4, -0.2) is 44.0 Å². The van der Waals surface area contributed by atoms with Crippen molar-refractivity contribution in [3.05, 3.63) is 36.4 Å². The Morgan fingerprint density at radius 1 is 0.724 bits per heavy atom. The van der Waals surface area contributed by atoms with Gasteiger partial charge in [-0.2, -0.15) is 0 Å². The highest BCUT2D eigenvalue weighted by Gasteiger charge is 2.12. The Kier molecular flexibility index (Phi) is 11.2. The molecular formula is C22H33Cl2N3O2. The number of ether oxygens (including phenoxy) is 2. The number of fused-ring (bicyclic) bond motifs is 3. The number of aromatic nitrogens is 1. The molecule has 0 saturated heterocycles. The Hall–Kier alpha value is -1.66. The molecule has 0 bridgehead atoms. The van der Waals surface area contributed by atoms with Crippen molar-refractivity contribution < 1.29 is 9.47 Å². The molecule has 0 spiro atoms. The van der Waals surface area contributed by atoms with E-state index in [9.17, 15) is 0 Å². The lowest BCUT2D eigenvalue weighted by Crippen LogP contribution is -2.20. The summed E-state index contributed by atoms with van der Waals surface area (Å²) in [6.45, 7) is 12.3. The number of rotatable bonds is 11. The van der Waals surface area contributed by atoms with Crippen LogP contribution >= 0.6 is 24.8 Å². The summed E-state index contributed by atoms with van der Waals surface area (Å²) in [5.41, 5.74) is 2.47. The summed E-state index contributed by atoms with van der Waals surface area (Å²) in [6.07, 6.45) is 0. The van der Waals surface area contributed by atoms with Gasteiger partial charge < -0.3 is 24.7 Å². The van der Waals surface area contributed by atoms with Crippen LogP contribution in [-0.2, 0) is 6.54 Å². The smallest absolute Gasteiger partial charge is 0.120 e. The normalized spacial score (nSPS) is 10.6. The predicted molar refractivity (Wildman–Crippen MR) is 128 cm³/mol. The van der Waals surface area contributed by atoms with Gasteiger partial charge in [-0.1, -0.05) is 13.8 Å². The Labute approximate surface area is 185 Å². The van der Waals surface area contributed by atoms with Crippen LogP contribution in [0.15, 0.2) is 36.4 Å². The molecule has 162 valence electrons. The number of benzene rings is 2. The minimum atomic E-state index is 0. The second-order valence-corrected chi connectivity index (χ2v) is 6.51. The lowest BCUT2D eigenvalue weighted by atomic mass is 10.1. The van der Waals surface area contributed by atoms with Crippen LogP contribution in [0.3, 0.4) is 0 Å². The first kappa shape index (κ1) is 25.4. The molecule has 0 fully saturated rings. The summed E-state index contributed by atoms with van der Waals surface area (Å²) in [6, 6.07) is 12.7. The molecule has 0 saturated carbocycles. The Balaban J connectivity index is 0.00000210. The standard InChI is InChI=1S/C22H31N3O2.2ClH/c1-4-23-11-13-26-17-7-9-21-19(15-17)20-16-18(27-14-12-24-5-2)8-10-22(20)25(21)6-3;;/h7-10,15-16,23-24H,4-6,11-14H2,1-3H3;2*1H. The predicted octanol–water partition coefficient (Wildman–Crippen LogP) is 4.63. The summed E-state index contributed by atoms with van der Waals surface area (Å²) < 4.78 is 14.2. The molecule has 1 aromatic heterocycles. The summed E-state index contributed by atoms with van der Waals surface area (Å²) in [5, 5.41) is 8.99. The molecule has 5 nitrogen and oxygen atoms in total. The summed E-state index contributed by atoms with van der Waals surface area (Å²) in [4.78, 5) is 0. The van der Waals surface area contributed by atoms with Gasteiger partial charge in [0.25, 0.3) is 0 Å². The average Bonchev–Trinajstić information content (AvgIpc) is 3.01. The molecule has 0 radical (unpaired) electrons. The number of hydrogen-bond acceptors (Lipinski definition) is 4. The van der Waals surface area contributed by atoms with Crippen molar-refractivity contribution in [2.45, 2.75) is 27.3 Å². The zero-order valence-corrected chi connectivity index (χ0v) is 19.1. The summed E-state index contributed by atoms with van der Waals surface area (Å²) in [5.74, 6) is 1.82. The third-order valence-corrected chi connectivity index (χ3v) is 4.72. The Bertz CT molecular complexity index is 814. The van der Waals surface area contributed by atoms with Crippen LogP contribution in [0, 0.1) is 0 Å². The lowest BCUT2D eigenvalue weighted by molar-refractivity contribution is 0.315. The first-order valence-electron chi connectivity index (χ1n) is 10.0. The number of halogens is 2. The lowest BCUT2D eigenvalue weighted by Gasteiger charge is -2.07. The van der Waals surface area contributed by atoms with Crippen molar-refractivity contribution in [1.29, 1.82) is 0 Å². The van der Waals surface area contributed by atoms with Crippen LogP contribution in [0.1, 0.15) is 20.8 Å². The van der Waals surface area contributed by atoms with E-state index in [1.807, 2.05) is 0 Å². The van der Waals surface area contributed by atoms with E-state index in [2.05, 4.69) is 72.4 Å². The molecule has 7 heteroatoms. The monoisotopic (exact) mass is 441 g/mol. The molecule has 29 heavy (non-hydrogen) atoms. The maximum Gasteiger partial charge on any atom is 0.120 e. The van der Waals surface area contributed by atoms with Crippen LogP contribution in [0.25, 0.3) is 21.8 Å². The Morgan fingerprint density at radius 2 is 1.17 bits per heavy atom. The van der Waals surface area contributed by atoms with E-state index in [0.717, 1.165) is 44.2 Å². The molecule has 3 aromatic rings. The van der Waals surface area contributed by atoms with Crippen LogP contribution in [0.5, 0.6) is 11.5 Å². The van der Waals surface area contributed by atoms with Crippen LogP contribution in [0.4, 0.5) is 0 Å². The molecule has 0 aliphatic heterocycles. The topological polar surface area (TPSA) is 47.4 Å². The maximum absolute atomic E-state index is 5.92. The minimum absolute atomic E-state index is 0. The van der Waals surface area contributed by atoms with Gasteiger partial charge in [0.05, 0.1) is 0 Å². The average molecular weight is 442 g/mol. The summed E-state index contributed by atoms with van der Waals surface area (Å²) >= 11 is 0. The van der Waals surface area contributed by atoms with E-state index in [4.69, 9.17) is 9.47 Å². The van der Waals surface area contributed by atoms with E-state index < -0.39 is 0 Å². The van der Waals surface area contributed by atoms with Crippen molar-refractivity contribution in [3.63, 3.8) is 0 Å². The quantitative estimate of drug-likeness (QED) is 0.425. The number of nitrogens with one attached hydrogen (secondary N) is 2. The van der Waals surface area contributed by atoms with Crippen molar-refractivity contribution in [2.75, 3.05) is 39.4 Å². The fourth-order valence-corrected chi connectivity index (χ4v) is 3.42. The fourth-order valence-electron chi connectivity index (χ4n) is 3.42. The molecule has 0 aliphatic rings. The number of aryl methyl sites for hydroxylation is 1. The fraction of sp³-hybridized carbons (Fsp3) is 0.455. The summed E-state index contributed by atoms with van der Waals surface area (Å²) in [7, 11) is 0. The van der Waals surface area contributed by atoms with Gasteiger partial charge >= 0.3 is 0 Å². The van der Waals surface area contributed by atoms with Crippen molar-refractivity contribution in [1.82, 2.24) is 15.2 Å². The molecular weight excluding hydrogens is 409 g/mol. The number of hydrogen-bond donors (Lipinski definition) is 2. The Morgan fingerprint density at radius 3 is 1.55 bits per heavy atom.